The monoisotopic (exact) mass is 206 g/mol. The Hall–Kier alpha value is -0.630. The first-order valence-electron chi connectivity index (χ1n) is 5.71. The number of allylic oxidation sites excluding steroid dienone is 1. The van der Waals surface area contributed by atoms with E-state index in [2.05, 4.69) is 26.8 Å². The second kappa shape index (κ2) is 2.22. The van der Waals surface area contributed by atoms with Crippen LogP contribution in [0.4, 0.5) is 0 Å². The molecule has 3 aliphatic rings. The Labute approximate surface area is 90.7 Å². The fourth-order valence-electron chi connectivity index (χ4n) is 4.23. The highest BCUT2D eigenvalue weighted by molar-refractivity contribution is 6.02. The summed E-state index contributed by atoms with van der Waals surface area (Å²) in [4.78, 5) is 12.3. The van der Waals surface area contributed by atoms with Crippen LogP contribution in [0.2, 0.25) is 0 Å². The molecule has 1 saturated carbocycles. The first kappa shape index (κ1) is 9.59. The van der Waals surface area contributed by atoms with Crippen LogP contribution in [0.1, 0.15) is 34.1 Å². The number of ether oxygens (including phenoxy) is 1. The highest BCUT2D eigenvalue weighted by Crippen LogP contribution is 2.68. The maximum atomic E-state index is 12.3. The summed E-state index contributed by atoms with van der Waals surface area (Å²) in [6.45, 7) is 9.22. The minimum absolute atomic E-state index is 0.178. The summed E-state index contributed by atoms with van der Waals surface area (Å²) in [6, 6.07) is 0. The molecule has 4 unspecified atom stereocenters. The van der Waals surface area contributed by atoms with E-state index in [4.69, 9.17) is 4.74 Å². The third-order valence-corrected chi connectivity index (χ3v) is 5.18. The van der Waals surface area contributed by atoms with Crippen molar-refractivity contribution in [3.05, 3.63) is 11.6 Å². The fourth-order valence-corrected chi connectivity index (χ4v) is 4.23. The molecule has 2 aliphatic carbocycles. The lowest BCUT2D eigenvalue weighted by molar-refractivity contribution is -0.151. The van der Waals surface area contributed by atoms with Gasteiger partial charge in [-0.25, -0.2) is 0 Å². The molecule has 2 heteroatoms. The molecule has 3 rings (SSSR count). The summed E-state index contributed by atoms with van der Waals surface area (Å²) in [5.41, 5.74) is 0.577. The van der Waals surface area contributed by atoms with Gasteiger partial charge in [0, 0.05) is 11.3 Å². The molecule has 1 aliphatic heterocycles. The van der Waals surface area contributed by atoms with Gasteiger partial charge in [0.2, 0.25) is 0 Å². The molecule has 0 aromatic heterocycles. The molecule has 0 aromatic carbocycles. The van der Waals surface area contributed by atoms with Crippen LogP contribution in [0.3, 0.4) is 0 Å². The molecule has 4 atom stereocenters. The lowest BCUT2D eigenvalue weighted by atomic mass is 9.66. The minimum Gasteiger partial charge on any atom is -0.373 e. The smallest absolute Gasteiger partial charge is 0.167 e. The van der Waals surface area contributed by atoms with Crippen LogP contribution < -0.4 is 0 Å². The zero-order valence-corrected chi connectivity index (χ0v) is 9.89. The maximum absolute atomic E-state index is 12.3. The lowest BCUT2D eigenvalue weighted by Gasteiger charge is -2.44. The zero-order valence-electron chi connectivity index (χ0n) is 9.89. The van der Waals surface area contributed by atoms with Crippen molar-refractivity contribution >= 4 is 5.78 Å². The van der Waals surface area contributed by atoms with E-state index in [-0.39, 0.29) is 16.4 Å². The van der Waals surface area contributed by atoms with E-state index in [1.807, 2.05) is 6.92 Å². The third-order valence-electron chi connectivity index (χ3n) is 5.18. The number of rotatable bonds is 0. The minimum atomic E-state index is -0.288. The average Bonchev–Trinajstić information content (AvgIpc) is 2.46. The normalized spacial score (nSPS) is 57.2. The first-order valence-corrected chi connectivity index (χ1v) is 5.71. The Balaban J connectivity index is 2.27. The molecule has 15 heavy (non-hydrogen) atoms. The zero-order chi connectivity index (χ0) is 11.1. The quantitative estimate of drug-likeness (QED) is 0.608. The van der Waals surface area contributed by atoms with Gasteiger partial charge in [-0.1, -0.05) is 13.0 Å². The molecule has 2 fully saturated rings. The van der Waals surface area contributed by atoms with E-state index in [0.29, 0.717) is 11.7 Å². The Morgan fingerprint density at radius 2 is 2.07 bits per heavy atom. The van der Waals surface area contributed by atoms with Crippen molar-refractivity contribution in [2.24, 2.45) is 16.7 Å². The van der Waals surface area contributed by atoms with Crippen molar-refractivity contribution in [3.8, 4) is 0 Å². The van der Waals surface area contributed by atoms with Crippen LogP contribution in [0.25, 0.3) is 0 Å². The number of carbonyl (C=O) groups excluding carboxylic acids is 1. The molecule has 0 aromatic rings. The van der Waals surface area contributed by atoms with Gasteiger partial charge in [0.05, 0.1) is 17.6 Å². The van der Waals surface area contributed by atoms with Crippen LogP contribution in [0.15, 0.2) is 11.6 Å². The van der Waals surface area contributed by atoms with Crippen molar-refractivity contribution in [2.75, 3.05) is 6.61 Å². The standard InChI is InChI=1S/C13H18O2/c1-8-5-9-11(2)6-12(3,10(8)14)13(9,4)15-7-11/h5,9H,6-7H2,1-4H3. The van der Waals surface area contributed by atoms with Gasteiger partial charge < -0.3 is 4.74 Å². The first-order chi connectivity index (χ1) is 6.83. The SMILES string of the molecule is CC1=CC2C3(C)COC2(C)C(C)(C3)C1=O. The highest BCUT2D eigenvalue weighted by Gasteiger charge is 2.72. The molecule has 0 spiro atoms. The topological polar surface area (TPSA) is 26.3 Å². The van der Waals surface area contributed by atoms with Gasteiger partial charge in [-0.3, -0.25) is 4.79 Å². The molecular formula is C13H18O2. The Kier molecular flexibility index (Phi) is 1.42. The molecule has 0 amide bonds. The maximum Gasteiger partial charge on any atom is 0.167 e. The molecule has 1 saturated heterocycles. The van der Waals surface area contributed by atoms with Crippen molar-refractivity contribution < 1.29 is 9.53 Å². The third kappa shape index (κ3) is 0.770. The Bertz CT molecular complexity index is 397. The van der Waals surface area contributed by atoms with Crippen molar-refractivity contribution in [3.63, 3.8) is 0 Å². The Morgan fingerprint density at radius 1 is 1.40 bits per heavy atom. The van der Waals surface area contributed by atoms with Crippen LogP contribution in [0.5, 0.6) is 0 Å². The fraction of sp³-hybridized carbons (Fsp3) is 0.769. The predicted molar refractivity (Wildman–Crippen MR) is 57.4 cm³/mol. The predicted octanol–water partition coefficient (Wildman–Crippen LogP) is 2.34. The molecule has 2 nitrogen and oxygen atoms in total. The Morgan fingerprint density at radius 3 is 2.73 bits per heavy atom. The van der Waals surface area contributed by atoms with Gasteiger partial charge >= 0.3 is 0 Å². The summed E-state index contributed by atoms with van der Waals surface area (Å²) < 4.78 is 5.97. The van der Waals surface area contributed by atoms with Crippen LogP contribution in [0, 0.1) is 16.7 Å². The highest BCUT2D eigenvalue weighted by atomic mass is 16.5. The second-order valence-electron chi connectivity index (χ2n) is 6.22. The molecule has 1 heterocycles. The average molecular weight is 206 g/mol. The summed E-state index contributed by atoms with van der Waals surface area (Å²) in [7, 11) is 0. The summed E-state index contributed by atoms with van der Waals surface area (Å²) in [6.07, 6.45) is 3.14. The largest absolute Gasteiger partial charge is 0.373 e. The summed E-state index contributed by atoms with van der Waals surface area (Å²) in [5, 5.41) is 0. The van der Waals surface area contributed by atoms with Gasteiger partial charge in [0.25, 0.3) is 0 Å². The summed E-state index contributed by atoms with van der Waals surface area (Å²) in [5.74, 6) is 0.720. The van der Waals surface area contributed by atoms with Gasteiger partial charge in [-0.2, -0.15) is 0 Å². The second-order valence-corrected chi connectivity index (χ2v) is 6.22. The number of carbonyl (C=O) groups is 1. The molecule has 4 bridgehead atoms. The number of Topliss-reactive ketones (excluding diaryl/α,β-unsaturated/α-hetero) is 1. The van der Waals surface area contributed by atoms with E-state index in [0.717, 1.165) is 18.6 Å². The van der Waals surface area contributed by atoms with Gasteiger partial charge in [0.1, 0.15) is 0 Å². The molecule has 0 radical (unpaired) electrons. The van der Waals surface area contributed by atoms with E-state index < -0.39 is 0 Å². The van der Waals surface area contributed by atoms with Gasteiger partial charge in [-0.15, -0.1) is 0 Å². The molecular weight excluding hydrogens is 188 g/mol. The van der Waals surface area contributed by atoms with Gasteiger partial charge in [-0.05, 0) is 32.8 Å². The van der Waals surface area contributed by atoms with Crippen LogP contribution >= 0.6 is 0 Å². The lowest BCUT2D eigenvalue weighted by Crippen LogP contribution is -2.52. The van der Waals surface area contributed by atoms with E-state index in [1.54, 1.807) is 0 Å². The van der Waals surface area contributed by atoms with Gasteiger partial charge in [0.15, 0.2) is 5.78 Å². The number of hydrogen-bond acceptors (Lipinski definition) is 2. The van der Waals surface area contributed by atoms with E-state index in [9.17, 15) is 4.79 Å². The molecule has 82 valence electrons. The number of hydrogen-bond donors (Lipinski definition) is 0. The van der Waals surface area contributed by atoms with Crippen LogP contribution in [-0.4, -0.2) is 18.0 Å². The van der Waals surface area contributed by atoms with Crippen molar-refractivity contribution in [2.45, 2.75) is 39.7 Å². The van der Waals surface area contributed by atoms with Crippen molar-refractivity contribution in [1.82, 2.24) is 0 Å². The van der Waals surface area contributed by atoms with Crippen LogP contribution in [-0.2, 0) is 9.53 Å². The van der Waals surface area contributed by atoms with E-state index >= 15 is 0 Å². The number of ketones is 1. The molecule has 0 N–H and O–H groups in total. The summed E-state index contributed by atoms with van der Waals surface area (Å²) >= 11 is 0. The van der Waals surface area contributed by atoms with E-state index in [1.165, 1.54) is 0 Å². The van der Waals surface area contributed by atoms with Crippen molar-refractivity contribution in [1.29, 1.82) is 0 Å².